The van der Waals surface area contributed by atoms with E-state index in [9.17, 15) is 13.2 Å². The molecule has 0 radical (unpaired) electrons. The van der Waals surface area contributed by atoms with Crippen molar-refractivity contribution >= 4 is 5.69 Å². The van der Waals surface area contributed by atoms with E-state index < -0.39 is 11.7 Å². The van der Waals surface area contributed by atoms with E-state index in [0.29, 0.717) is 12.3 Å². The zero-order valence-electron chi connectivity index (χ0n) is 10.3. The number of halogens is 3. The van der Waals surface area contributed by atoms with Crippen molar-refractivity contribution in [3.8, 4) is 0 Å². The van der Waals surface area contributed by atoms with Gasteiger partial charge in [0, 0.05) is 12.3 Å². The molecule has 1 fully saturated rings. The summed E-state index contributed by atoms with van der Waals surface area (Å²) in [6.45, 7) is 4.04. The largest absolute Gasteiger partial charge is 0.416 e. The van der Waals surface area contributed by atoms with Gasteiger partial charge in [0.05, 0.1) is 17.7 Å². The zero-order chi connectivity index (χ0) is 13.3. The molecule has 0 aromatic heterocycles. The van der Waals surface area contributed by atoms with E-state index in [-0.39, 0.29) is 17.7 Å². The van der Waals surface area contributed by atoms with Gasteiger partial charge >= 0.3 is 6.18 Å². The first kappa shape index (κ1) is 13.2. The summed E-state index contributed by atoms with van der Waals surface area (Å²) >= 11 is 0. The molecule has 5 heteroatoms. The smallest absolute Gasteiger partial charge is 0.380 e. The molecule has 0 saturated carbocycles. The van der Waals surface area contributed by atoms with Gasteiger partial charge in [-0.25, -0.2) is 0 Å². The van der Waals surface area contributed by atoms with Crippen molar-refractivity contribution in [2.75, 3.05) is 11.9 Å². The molecular weight excluding hydrogens is 243 g/mol. The number of benzene rings is 1. The van der Waals surface area contributed by atoms with Crippen LogP contribution in [0, 0.1) is 6.92 Å². The van der Waals surface area contributed by atoms with Gasteiger partial charge < -0.3 is 10.1 Å². The van der Waals surface area contributed by atoms with Crippen molar-refractivity contribution < 1.29 is 17.9 Å². The Labute approximate surface area is 104 Å². The van der Waals surface area contributed by atoms with Crippen LogP contribution in [0.4, 0.5) is 18.9 Å². The number of rotatable bonds is 2. The Kier molecular flexibility index (Phi) is 3.52. The molecule has 2 nitrogen and oxygen atoms in total. The maximum absolute atomic E-state index is 12.8. The SMILES string of the molecule is Cc1ccc(NC2CCOC2C)cc1C(F)(F)F. The van der Waals surface area contributed by atoms with Crippen molar-refractivity contribution in [3.63, 3.8) is 0 Å². The average Bonchev–Trinajstić information content (AvgIpc) is 2.66. The van der Waals surface area contributed by atoms with Crippen LogP contribution in [0.15, 0.2) is 18.2 Å². The Morgan fingerprint density at radius 2 is 2.06 bits per heavy atom. The van der Waals surface area contributed by atoms with Crippen LogP contribution in [-0.2, 0) is 10.9 Å². The molecule has 100 valence electrons. The minimum Gasteiger partial charge on any atom is -0.380 e. The highest BCUT2D eigenvalue weighted by Crippen LogP contribution is 2.34. The van der Waals surface area contributed by atoms with Crippen LogP contribution in [0.5, 0.6) is 0 Å². The second-order valence-electron chi connectivity index (χ2n) is 4.64. The number of anilines is 1. The van der Waals surface area contributed by atoms with Crippen molar-refractivity contribution in [1.82, 2.24) is 0 Å². The van der Waals surface area contributed by atoms with Gasteiger partial charge in [-0.1, -0.05) is 6.07 Å². The summed E-state index contributed by atoms with van der Waals surface area (Å²) in [6, 6.07) is 4.41. The van der Waals surface area contributed by atoms with Crippen LogP contribution in [-0.4, -0.2) is 18.8 Å². The summed E-state index contributed by atoms with van der Waals surface area (Å²) < 4.78 is 43.7. The third-order valence-electron chi connectivity index (χ3n) is 3.27. The minimum atomic E-state index is -4.31. The molecule has 2 atom stereocenters. The van der Waals surface area contributed by atoms with E-state index in [1.807, 2.05) is 6.92 Å². The molecule has 1 aromatic carbocycles. The molecule has 1 heterocycles. The second kappa shape index (κ2) is 4.80. The molecule has 2 unspecified atom stereocenters. The van der Waals surface area contributed by atoms with Crippen molar-refractivity contribution in [1.29, 1.82) is 0 Å². The van der Waals surface area contributed by atoms with Gasteiger partial charge in [-0.15, -0.1) is 0 Å². The van der Waals surface area contributed by atoms with Gasteiger partial charge in [-0.2, -0.15) is 13.2 Å². The molecule has 0 amide bonds. The summed E-state index contributed by atoms with van der Waals surface area (Å²) in [6.07, 6.45) is -3.46. The Bertz CT molecular complexity index is 431. The molecular formula is C13H16F3NO. The van der Waals surface area contributed by atoms with Crippen LogP contribution in [0.1, 0.15) is 24.5 Å². The first-order chi connectivity index (χ1) is 8.38. The van der Waals surface area contributed by atoms with Crippen LogP contribution in [0.25, 0.3) is 0 Å². The standard InChI is InChI=1S/C13H16F3NO/c1-8-3-4-10(7-11(8)13(14,15)16)17-12-5-6-18-9(12)2/h3-4,7,9,12,17H,5-6H2,1-2H3. The highest BCUT2D eigenvalue weighted by molar-refractivity contribution is 5.50. The average molecular weight is 259 g/mol. The summed E-state index contributed by atoms with van der Waals surface area (Å²) in [5.74, 6) is 0. The third-order valence-corrected chi connectivity index (χ3v) is 3.27. The first-order valence-corrected chi connectivity index (χ1v) is 5.94. The monoisotopic (exact) mass is 259 g/mol. The maximum Gasteiger partial charge on any atom is 0.416 e. The van der Waals surface area contributed by atoms with E-state index in [4.69, 9.17) is 4.74 Å². The van der Waals surface area contributed by atoms with Crippen molar-refractivity contribution in [2.45, 2.75) is 38.6 Å². The van der Waals surface area contributed by atoms with Crippen LogP contribution < -0.4 is 5.32 Å². The van der Waals surface area contributed by atoms with Crippen molar-refractivity contribution in [3.05, 3.63) is 29.3 Å². The number of aryl methyl sites for hydroxylation is 1. The Balaban J connectivity index is 2.19. The molecule has 18 heavy (non-hydrogen) atoms. The zero-order valence-corrected chi connectivity index (χ0v) is 10.3. The topological polar surface area (TPSA) is 21.3 Å². The van der Waals surface area contributed by atoms with Gasteiger partial charge in [0.2, 0.25) is 0 Å². The van der Waals surface area contributed by atoms with E-state index in [1.165, 1.54) is 19.1 Å². The lowest BCUT2D eigenvalue weighted by atomic mass is 10.1. The third kappa shape index (κ3) is 2.77. The highest BCUT2D eigenvalue weighted by Gasteiger charge is 2.33. The quantitative estimate of drug-likeness (QED) is 0.876. The van der Waals surface area contributed by atoms with E-state index in [1.54, 1.807) is 6.07 Å². The van der Waals surface area contributed by atoms with Gasteiger partial charge in [0.15, 0.2) is 0 Å². The van der Waals surface area contributed by atoms with Crippen LogP contribution >= 0.6 is 0 Å². The Morgan fingerprint density at radius 3 is 2.61 bits per heavy atom. The van der Waals surface area contributed by atoms with Gasteiger partial charge in [0.25, 0.3) is 0 Å². The predicted molar refractivity (Wildman–Crippen MR) is 63.6 cm³/mol. The molecule has 0 aliphatic carbocycles. The second-order valence-corrected chi connectivity index (χ2v) is 4.64. The Morgan fingerprint density at radius 1 is 1.33 bits per heavy atom. The number of hydrogen-bond donors (Lipinski definition) is 1. The molecule has 0 spiro atoms. The lowest BCUT2D eigenvalue weighted by Crippen LogP contribution is -2.26. The first-order valence-electron chi connectivity index (χ1n) is 5.94. The van der Waals surface area contributed by atoms with Crippen LogP contribution in [0.3, 0.4) is 0 Å². The van der Waals surface area contributed by atoms with E-state index >= 15 is 0 Å². The number of ether oxygens (including phenoxy) is 1. The molecule has 2 rings (SSSR count). The molecule has 0 bridgehead atoms. The fraction of sp³-hybridized carbons (Fsp3) is 0.538. The number of hydrogen-bond acceptors (Lipinski definition) is 2. The molecule has 1 aliphatic heterocycles. The fourth-order valence-corrected chi connectivity index (χ4v) is 2.15. The fourth-order valence-electron chi connectivity index (χ4n) is 2.15. The lowest BCUT2D eigenvalue weighted by molar-refractivity contribution is -0.138. The molecule has 1 aliphatic rings. The normalized spacial score (nSPS) is 24.3. The van der Waals surface area contributed by atoms with E-state index in [2.05, 4.69) is 5.32 Å². The maximum atomic E-state index is 12.8. The Hall–Kier alpha value is -1.23. The van der Waals surface area contributed by atoms with Gasteiger partial charge in [-0.3, -0.25) is 0 Å². The summed E-state index contributed by atoms with van der Waals surface area (Å²) in [7, 11) is 0. The van der Waals surface area contributed by atoms with Gasteiger partial charge in [-0.05, 0) is 38.0 Å². The van der Waals surface area contributed by atoms with Crippen molar-refractivity contribution in [2.24, 2.45) is 0 Å². The minimum absolute atomic E-state index is 0.0284. The predicted octanol–water partition coefficient (Wildman–Crippen LogP) is 3.60. The summed E-state index contributed by atoms with van der Waals surface area (Å²) in [4.78, 5) is 0. The summed E-state index contributed by atoms with van der Waals surface area (Å²) in [5.41, 5.74) is 0.151. The lowest BCUT2D eigenvalue weighted by Gasteiger charge is -2.19. The number of nitrogens with one attached hydrogen (secondary N) is 1. The summed E-state index contributed by atoms with van der Waals surface area (Å²) in [5, 5.41) is 3.11. The highest BCUT2D eigenvalue weighted by atomic mass is 19.4. The molecule has 1 N–H and O–H groups in total. The number of alkyl halides is 3. The van der Waals surface area contributed by atoms with Crippen LogP contribution in [0.2, 0.25) is 0 Å². The molecule has 1 saturated heterocycles. The molecule has 1 aromatic rings. The van der Waals surface area contributed by atoms with Gasteiger partial charge in [0.1, 0.15) is 0 Å². The van der Waals surface area contributed by atoms with E-state index in [0.717, 1.165) is 6.42 Å².